The highest BCUT2D eigenvalue weighted by molar-refractivity contribution is 6.01. The molecule has 0 radical (unpaired) electrons. The van der Waals surface area contributed by atoms with Crippen LogP contribution in [0.25, 0.3) is 11.5 Å². The van der Waals surface area contributed by atoms with Crippen LogP contribution in [0.3, 0.4) is 0 Å². The largest absolute Gasteiger partial charge is 0.481 e. The summed E-state index contributed by atoms with van der Waals surface area (Å²) in [6.07, 6.45) is 9.33. The number of aromatic nitrogens is 4. The van der Waals surface area contributed by atoms with Gasteiger partial charge in [0.05, 0.1) is 22.8 Å². The van der Waals surface area contributed by atoms with E-state index in [1.807, 2.05) is 13.1 Å². The van der Waals surface area contributed by atoms with E-state index in [0.29, 0.717) is 48.4 Å². The first-order chi connectivity index (χ1) is 26.7. The van der Waals surface area contributed by atoms with Gasteiger partial charge in [-0.15, -0.1) is 10.2 Å². The third-order valence-electron chi connectivity index (χ3n) is 16.7. The summed E-state index contributed by atoms with van der Waals surface area (Å²) in [5.74, 6) is 1.48. The van der Waals surface area contributed by atoms with Crippen LogP contribution in [-0.4, -0.2) is 62.3 Å². The van der Waals surface area contributed by atoms with Gasteiger partial charge in [-0.3, -0.25) is 19.4 Å². The summed E-state index contributed by atoms with van der Waals surface area (Å²) >= 11 is 0. The molecule has 4 fully saturated rings. The lowest BCUT2D eigenvalue weighted by atomic mass is 9.33. The second kappa shape index (κ2) is 14.1. The van der Waals surface area contributed by atoms with Crippen LogP contribution in [0.1, 0.15) is 138 Å². The van der Waals surface area contributed by atoms with Crippen molar-refractivity contribution >= 4 is 17.7 Å². The predicted octanol–water partition coefficient (Wildman–Crippen LogP) is 8.08. The van der Waals surface area contributed by atoms with Crippen molar-refractivity contribution < 1.29 is 24.2 Å². The van der Waals surface area contributed by atoms with Crippen molar-refractivity contribution in [3.05, 3.63) is 40.9 Å². The van der Waals surface area contributed by atoms with E-state index in [-0.39, 0.29) is 51.8 Å². The van der Waals surface area contributed by atoms with E-state index in [2.05, 4.69) is 69.4 Å². The molecule has 8 atom stereocenters. The van der Waals surface area contributed by atoms with Crippen LogP contribution in [0, 0.1) is 62.1 Å². The van der Waals surface area contributed by atoms with Gasteiger partial charge in [-0.2, -0.15) is 5.26 Å². The van der Waals surface area contributed by atoms with E-state index in [4.69, 9.17) is 14.9 Å². The number of rotatable bonds is 10. The van der Waals surface area contributed by atoms with E-state index < -0.39 is 22.8 Å². The number of ether oxygens (including phenoxy) is 1. The summed E-state index contributed by atoms with van der Waals surface area (Å²) < 4.78 is 8.39. The third-order valence-corrected chi connectivity index (χ3v) is 16.7. The number of fused-ring (bicyclic) bond motifs is 7. The second-order valence-corrected chi connectivity index (χ2v) is 20.6. The highest BCUT2D eigenvalue weighted by Gasteiger charge is 2.71. The molecule has 308 valence electrons. The Labute approximate surface area is 338 Å². The number of pyridine rings is 1. The smallest absolute Gasteiger partial charge is 0.309 e. The minimum absolute atomic E-state index is 0.0243. The maximum Gasteiger partial charge on any atom is 0.309 e. The van der Waals surface area contributed by atoms with Crippen molar-refractivity contribution in [1.29, 1.82) is 5.26 Å². The SMILES string of the molecule is CNCCn1c(-c2ccc(C#N)cn2)nnc1[C@@]12CC[C@]3(C)[C@H](CC[C@@H]4[C@@]5(C)CC[C@H](OC(=O)CC(C)(C)C(=O)O)C(C)(C)[C@@H]5CC[C@]43C)C1=C(C(C)C)C(=O)C2. The van der Waals surface area contributed by atoms with Gasteiger partial charge in [0.1, 0.15) is 23.7 Å². The lowest BCUT2D eigenvalue weighted by Gasteiger charge is -2.72. The minimum Gasteiger partial charge on any atom is -0.481 e. The first-order valence-corrected chi connectivity index (χ1v) is 21.4. The number of nitrogens with zero attached hydrogens (tertiary/aromatic N) is 5. The van der Waals surface area contributed by atoms with Crippen LogP contribution in [0.5, 0.6) is 0 Å². The van der Waals surface area contributed by atoms with Crippen LogP contribution < -0.4 is 5.32 Å². The molecule has 5 aliphatic carbocycles. The zero-order valence-electron chi connectivity index (χ0n) is 35.9. The molecule has 0 aliphatic heterocycles. The Balaban J connectivity index is 1.24. The van der Waals surface area contributed by atoms with Gasteiger partial charge >= 0.3 is 11.9 Å². The topological polar surface area (TPSA) is 160 Å². The van der Waals surface area contributed by atoms with Crippen molar-refractivity contribution in [2.24, 2.45) is 50.7 Å². The van der Waals surface area contributed by atoms with Gasteiger partial charge in [0.2, 0.25) is 0 Å². The molecule has 2 aromatic heterocycles. The van der Waals surface area contributed by atoms with Crippen LogP contribution in [0.2, 0.25) is 0 Å². The Morgan fingerprint density at radius 3 is 2.39 bits per heavy atom. The summed E-state index contributed by atoms with van der Waals surface area (Å²) in [6, 6.07) is 5.77. The van der Waals surface area contributed by atoms with Crippen molar-refractivity contribution in [3.63, 3.8) is 0 Å². The Morgan fingerprint density at radius 1 is 1.02 bits per heavy atom. The van der Waals surface area contributed by atoms with Gasteiger partial charge in [0, 0.05) is 31.1 Å². The molecule has 2 N–H and O–H groups in total. The second-order valence-electron chi connectivity index (χ2n) is 20.6. The molecule has 0 spiro atoms. The highest BCUT2D eigenvalue weighted by atomic mass is 16.5. The van der Waals surface area contributed by atoms with Gasteiger partial charge < -0.3 is 19.7 Å². The van der Waals surface area contributed by atoms with E-state index in [1.54, 1.807) is 26.1 Å². The molecule has 5 aliphatic rings. The molecule has 0 saturated heterocycles. The Hall–Kier alpha value is -3.91. The van der Waals surface area contributed by atoms with Crippen molar-refractivity contribution in [1.82, 2.24) is 25.1 Å². The average Bonchev–Trinajstić information content (AvgIpc) is 3.71. The predicted molar refractivity (Wildman–Crippen MR) is 216 cm³/mol. The van der Waals surface area contributed by atoms with Gasteiger partial charge in [0.15, 0.2) is 11.6 Å². The number of ketones is 1. The Bertz CT molecular complexity index is 2030. The molecule has 0 amide bonds. The number of likely N-dealkylation sites (N-methyl/N-ethyl adjacent to an activating group) is 1. The summed E-state index contributed by atoms with van der Waals surface area (Å²) in [7, 11) is 1.94. The van der Waals surface area contributed by atoms with E-state index in [1.165, 1.54) is 5.57 Å². The normalized spacial score (nSPS) is 34.5. The minimum atomic E-state index is -1.18. The van der Waals surface area contributed by atoms with Gasteiger partial charge in [-0.1, -0.05) is 48.5 Å². The standard InChI is InChI=1S/C46H64N6O5/c1-27(2)36-31(53)23-46(39-51-50-38(52(39)22-21-48-10)30-13-11-28(25-47)26-49-30)20-19-44(8)29(37(36)46)12-14-33-43(7)17-16-34(57-35(54)24-41(3,4)40(55)56)42(5,6)32(43)15-18-45(33,44)9/h11,13,26-27,29,32-34,48H,12,14-24H2,1-10H3,(H,55,56)/t29-,32+,33-,34+,43+,44-,45-,46-/m1/s1. The number of aliphatic carboxylic acids is 1. The van der Waals surface area contributed by atoms with Crippen LogP contribution in [0.15, 0.2) is 29.5 Å². The number of carboxylic acids is 1. The number of carbonyl (C=O) groups excluding carboxylic acids is 2. The lowest BCUT2D eigenvalue weighted by molar-refractivity contribution is -0.232. The number of esters is 1. The van der Waals surface area contributed by atoms with Crippen LogP contribution in [-0.2, 0) is 31.1 Å². The van der Waals surface area contributed by atoms with E-state index >= 15 is 0 Å². The molecule has 57 heavy (non-hydrogen) atoms. The number of hydrogen-bond acceptors (Lipinski definition) is 9. The maximum atomic E-state index is 14.5. The van der Waals surface area contributed by atoms with Crippen molar-refractivity contribution in [2.45, 2.75) is 145 Å². The molecule has 0 unspecified atom stereocenters. The van der Waals surface area contributed by atoms with Gasteiger partial charge in [0.25, 0.3) is 0 Å². The number of carbonyl (C=O) groups is 3. The lowest BCUT2D eigenvalue weighted by Crippen LogP contribution is -2.66. The summed E-state index contributed by atoms with van der Waals surface area (Å²) in [5, 5.41) is 32.2. The number of Topliss-reactive ketones (excluding diaryl/α,β-unsaturated/α-hetero) is 1. The molecular weight excluding hydrogens is 717 g/mol. The Morgan fingerprint density at radius 2 is 1.75 bits per heavy atom. The number of allylic oxidation sites excluding steroid dienone is 2. The van der Waals surface area contributed by atoms with Crippen molar-refractivity contribution in [2.75, 3.05) is 13.6 Å². The number of nitriles is 1. The van der Waals surface area contributed by atoms with Gasteiger partial charge in [-0.25, -0.2) is 0 Å². The fraction of sp³-hybridized carbons (Fsp3) is 0.717. The zero-order valence-corrected chi connectivity index (χ0v) is 35.9. The van der Waals surface area contributed by atoms with E-state index in [9.17, 15) is 24.8 Å². The van der Waals surface area contributed by atoms with Crippen molar-refractivity contribution in [3.8, 4) is 17.6 Å². The summed E-state index contributed by atoms with van der Waals surface area (Å²) in [5.41, 5.74) is 1.51. The van der Waals surface area contributed by atoms with E-state index in [0.717, 1.165) is 62.8 Å². The highest BCUT2D eigenvalue weighted by Crippen LogP contribution is 2.76. The molecule has 0 aromatic carbocycles. The first-order valence-electron chi connectivity index (χ1n) is 21.4. The Kier molecular flexibility index (Phi) is 10.2. The molecule has 2 aromatic rings. The average molecular weight is 781 g/mol. The molecule has 11 heteroatoms. The monoisotopic (exact) mass is 780 g/mol. The quantitative estimate of drug-likeness (QED) is 0.226. The zero-order chi connectivity index (χ0) is 41.5. The number of hydrogen-bond donors (Lipinski definition) is 2. The molecular formula is C46H64N6O5. The number of carboxylic acid groups (broad SMARTS) is 1. The fourth-order valence-corrected chi connectivity index (χ4v) is 13.6. The summed E-state index contributed by atoms with van der Waals surface area (Å²) in [4.78, 5) is 44.1. The van der Waals surface area contributed by atoms with Gasteiger partial charge in [-0.05, 0) is 135 Å². The van der Waals surface area contributed by atoms with Crippen LogP contribution in [0.4, 0.5) is 0 Å². The maximum absolute atomic E-state index is 14.5. The molecule has 11 nitrogen and oxygen atoms in total. The number of nitrogens with one attached hydrogen (secondary N) is 1. The first kappa shape index (κ1) is 41.3. The third kappa shape index (κ3) is 6.12. The molecule has 7 rings (SSSR count). The molecule has 2 heterocycles. The fourth-order valence-electron chi connectivity index (χ4n) is 13.6. The molecule has 0 bridgehead atoms. The summed E-state index contributed by atoms with van der Waals surface area (Å²) in [6.45, 7) is 21.0. The van der Waals surface area contributed by atoms with Crippen LogP contribution >= 0.6 is 0 Å². The molecule has 4 saturated carbocycles.